The van der Waals surface area contributed by atoms with E-state index in [9.17, 15) is 5.11 Å². The van der Waals surface area contributed by atoms with Gasteiger partial charge in [0.25, 0.3) is 0 Å². The maximum Gasteiger partial charge on any atom is 0.128 e. The van der Waals surface area contributed by atoms with Gasteiger partial charge in [-0.15, -0.1) is 0 Å². The van der Waals surface area contributed by atoms with Gasteiger partial charge in [0.15, 0.2) is 0 Å². The maximum atomic E-state index is 11.1. The van der Waals surface area contributed by atoms with Gasteiger partial charge in [-0.3, -0.25) is 0 Å². The molecule has 0 aliphatic carbocycles. The van der Waals surface area contributed by atoms with Gasteiger partial charge in [0.05, 0.1) is 6.61 Å². The van der Waals surface area contributed by atoms with Crippen molar-refractivity contribution < 1.29 is 9.84 Å². The molecule has 0 aromatic heterocycles. The minimum absolute atomic E-state index is 0.729. The number of benzene rings is 2. The molecule has 1 atom stereocenters. The number of ether oxygens (including phenoxy) is 1. The molecule has 1 heterocycles. The van der Waals surface area contributed by atoms with Crippen molar-refractivity contribution in [2.75, 3.05) is 6.61 Å². The Labute approximate surface area is 126 Å². The van der Waals surface area contributed by atoms with Crippen LogP contribution in [-0.4, -0.2) is 11.7 Å². The SMILES string of the molecule is Cc1ccc(C(C)(O)c2cccc3c2OCCC3)cc1C. The molecule has 3 rings (SSSR count). The van der Waals surface area contributed by atoms with E-state index in [0.29, 0.717) is 0 Å². The topological polar surface area (TPSA) is 29.5 Å². The smallest absolute Gasteiger partial charge is 0.128 e. The lowest BCUT2D eigenvalue weighted by molar-refractivity contribution is 0.0967. The van der Waals surface area contributed by atoms with Crippen molar-refractivity contribution in [2.45, 2.75) is 39.2 Å². The summed E-state index contributed by atoms with van der Waals surface area (Å²) in [5, 5.41) is 11.1. The minimum atomic E-state index is -1.04. The second-order valence-electron chi connectivity index (χ2n) is 6.12. The Morgan fingerprint density at radius 3 is 2.67 bits per heavy atom. The summed E-state index contributed by atoms with van der Waals surface area (Å²) < 4.78 is 5.86. The lowest BCUT2D eigenvalue weighted by Gasteiger charge is -2.30. The molecule has 1 N–H and O–H groups in total. The third-order valence-corrected chi connectivity index (χ3v) is 4.53. The fourth-order valence-corrected chi connectivity index (χ4v) is 2.97. The standard InChI is InChI=1S/C19H22O2/c1-13-9-10-16(12-14(13)2)19(3,20)17-8-4-6-15-7-5-11-21-18(15)17/h4,6,8-10,12,20H,5,7,11H2,1-3H3. The molecule has 2 aromatic carbocycles. The van der Waals surface area contributed by atoms with Gasteiger partial charge in [-0.2, -0.15) is 0 Å². The van der Waals surface area contributed by atoms with E-state index in [0.717, 1.165) is 36.3 Å². The van der Waals surface area contributed by atoms with Gasteiger partial charge in [0.1, 0.15) is 11.4 Å². The molecule has 2 aromatic rings. The highest BCUT2D eigenvalue weighted by atomic mass is 16.5. The van der Waals surface area contributed by atoms with Crippen molar-refractivity contribution in [1.29, 1.82) is 0 Å². The van der Waals surface area contributed by atoms with E-state index < -0.39 is 5.60 Å². The molecule has 0 saturated carbocycles. The fourth-order valence-electron chi connectivity index (χ4n) is 2.97. The zero-order valence-corrected chi connectivity index (χ0v) is 12.9. The molecular formula is C19H22O2. The number of fused-ring (bicyclic) bond motifs is 1. The van der Waals surface area contributed by atoms with Crippen LogP contribution in [0.2, 0.25) is 0 Å². The van der Waals surface area contributed by atoms with Crippen LogP contribution in [0.5, 0.6) is 5.75 Å². The zero-order valence-electron chi connectivity index (χ0n) is 12.9. The van der Waals surface area contributed by atoms with Gasteiger partial charge in [0, 0.05) is 5.56 Å². The molecule has 1 unspecified atom stereocenters. The number of hydrogen-bond donors (Lipinski definition) is 1. The highest BCUT2D eigenvalue weighted by molar-refractivity contribution is 5.50. The van der Waals surface area contributed by atoms with Gasteiger partial charge in [0.2, 0.25) is 0 Å². The van der Waals surface area contributed by atoms with Crippen molar-refractivity contribution in [1.82, 2.24) is 0 Å². The van der Waals surface area contributed by atoms with Gasteiger partial charge < -0.3 is 9.84 Å². The number of para-hydroxylation sites is 1. The summed E-state index contributed by atoms with van der Waals surface area (Å²) in [7, 11) is 0. The summed E-state index contributed by atoms with van der Waals surface area (Å²) in [6.45, 7) is 6.74. The van der Waals surface area contributed by atoms with Crippen molar-refractivity contribution in [3.05, 3.63) is 64.2 Å². The lowest BCUT2D eigenvalue weighted by atomic mass is 9.84. The van der Waals surface area contributed by atoms with Crippen molar-refractivity contribution >= 4 is 0 Å². The highest BCUT2D eigenvalue weighted by Gasteiger charge is 2.31. The number of hydrogen-bond acceptors (Lipinski definition) is 2. The van der Waals surface area contributed by atoms with E-state index in [1.165, 1.54) is 16.7 Å². The van der Waals surface area contributed by atoms with E-state index >= 15 is 0 Å². The molecule has 0 saturated heterocycles. The molecule has 21 heavy (non-hydrogen) atoms. The third kappa shape index (κ3) is 2.44. The van der Waals surface area contributed by atoms with Crippen molar-refractivity contribution in [3.8, 4) is 5.75 Å². The Morgan fingerprint density at radius 1 is 1.10 bits per heavy atom. The monoisotopic (exact) mass is 282 g/mol. The highest BCUT2D eigenvalue weighted by Crippen LogP contribution is 2.39. The van der Waals surface area contributed by atoms with Gasteiger partial charge >= 0.3 is 0 Å². The van der Waals surface area contributed by atoms with Gasteiger partial charge in [-0.1, -0.05) is 36.4 Å². The molecule has 0 bridgehead atoms. The van der Waals surface area contributed by atoms with E-state index in [1.54, 1.807) is 0 Å². The zero-order chi connectivity index (χ0) is 15.0. The first kappa shape index (κ1) is 14.2. The van der Waals surface area contributed by atoms with Crippen LogP contribution in [0.25, 0.3) is 0 Å². The van der Waals surface area contributed by atoms with Crippen LogP contribution in [0, 0.1) is 13.8 Å². The van der Waals surface area contributed by atoms with Crippen LogP contribution in [0.3, 0.4) is 0 Å². The molecule has 0 radical (unpaired) electrons. The molecule has 0 amide bonds. The Balaban J connectivity index is 2.11. The Bertz CT molecular complexity index is 671. The largest absolute Gasteiger partial charge is 0.493 e. The van der Waals surface area contributed by atoms with E-state index in [4.69, 9.17) is 4.74 Å². The first-order valence-electron chi connectivity index (χ1n) is 7.55. The first-order chi connectivity index (χ1) is 10.00. The molecule has 2 nitrogen and oxygen atoms in total. The normalized spacial score (nSPS) is 16.8. The van der Waals surface area contributed by atoms with Crippen LogP contribution in [-0.2, 0) is 12.0 Å². The summed E-state index contributed by atoms with van der Waals surface area (Å²) in [4.78, 5) is 0. The van der Waals surface area contributed by atoms with Crippen molar-refractivity contribution in [2.24, 2.45) is 0 Å². The lowest BCUT2D eigenvalue weighted by Crippen LogP contribution is -2.25. The molecule has 2 heteroatoms. The van der Waals surface area contributed by atoms with Gasteiger partial charge in [-0.25, -0.2) is 0 Å². The molecule has 110 valence electrons. The molecular weight excluding hydrogens is 260 g/mol. The summed E-state index contributed by atoms with van der Waals surface area (Å²) in [6, 6.07) is 12.2. The second kappa shape index (κ2) is 5.19. The summed E-state index contributed by atoms with van der Waals surface area (Å²) in [5.41, 5.74) is 4.36. The number of aliphatic hydroxyl groups is 1. The minimum Gasteiger partial charge on any atom is -0.493 e. The maximum absolute atomic E-state index is 11.1. The second-order valence-corrected chi connectivity index (χ2v) is 6.12. The fraction of sp³-hybridized carbons (Fsp3) is 0.368. The van der Waals surface area contributed by atoms with Crippen molar-refractivity contribution in [3.63, 3.8) is 0 Å². The molecule has 1 aliphatic rings. The average molecular weight is 282 g/mol. The van der Waals surface area contributed by atoms with E-state index in [1.807, 2.05) is 25.1 Å². The first-order valence-corrected chi connectivity index (χ1v) is 7.55. The predicted molar refractivity (Wildman–Crippen MR) is 84.8 cm³/mol. The molecule has 0 fully saturated rings. The third-order valence-electron chi connectivity index (χ3n) is 4.53. The van der Waals surface area contributed by atoms with Gasteiger partial charge in [-0.05, 0) is 55.9 Å². The van der Waals surface area contributed by atoms with Crippen LogP contribution >= 0.6 is 0 Å². The number of aryl methyl sites for hydroxylation is 3. The average Bonchev–Trinajstić information content (AvgIpc) is 2.49. The summed E-state index contributed by atoms with van der Waals surface area (Å²) in [5.74, 6) is 0.868. The molecule has 1 aliphatic heterocycles. The van der Waals surface area contributed by atoms with E-state index in [-0.39, 0.29) is 0 Å². The Morgan fingerprint density at radius 2 is 1.90 bits per heavy atom. The van der Waals surface area contributed by atoms with Crippen LogP contribution in [0.15, 0.2) is 36.4 Å². The van der Waals surface area contributed by atoms with Crippen LogP contribution in [0.1, 0.15) is 41.2 Å². The van der Waals surface area contributed by atoms with Crippen LogP contribution in [0.4, 0.5) is 0 Å². The number of rotatable bonds is 2. The quantitative estimate of drug-likeness (QED) is 0.905. The predicted octanol–water partition coefficient (Wildman–Crippen LogP) is 3.88. The summed E-state index contributed by atoms with van der Waals surface area (Å²) in [6.07, 6.45) is 2.06. The Hall–Kier alpha value is -1.80. The Kier molecular flexibility index (Phi) is 3.50. The summed E-state index contributed by atoms with van der Waals surface area (Å²) >= 11 is 0. The van der Waals surface area contributed by atoms with Crippen LogP contribution < -0.4 is 4.74 Å². The molecule has 0 spiro atoms. The van der Waals surface area contributed by atoms with E-state index in [2.05, 4.69) is 32.0 Å².